The van der Waals surface area contributed by atoms with E-state index in [1.807, 2.05) is 0 Å². The fourth-order valence-electron chi connectivity index (χ4n) is 5.58. The van der Waals surface area contributed by atoms with Gasteiger partial charge in [0.05, 0.1) is 23.6 Å². The molecule has 3 aliphatic rings. The van der Waals surface area contributed by atoms with E-state index < -0.39 is 46.9 Å². The van der Waals surface area contributed by atoms with Gasteiger partial charge in [-0.1, -0.05) is 63.9 Å². The number of anilines is 1. The molecule has 3 atom stereocenters. The number of carbonyl (C=O) groups is 4. The Hall–Kier alpha value is -3.13. The predicted octanol–water partition coefficient (Wildman–Crippen LogP) is 5.11. The summed E-state index contributed by atoms with van der Waals surface area (Å²) in [6.45, 7) is 1.78. The van der Waals surface area contributed by atoms with Crippen molar-refractivity contribution < 1.29 is 23.9 Å². The zero-order valence-corrected chi connectivity index (χ0v) is 20.7. The van der Waals surface area contributed by atoms with Crippen LogP contribution in [-0.2, 0) is 14.3 Å². The number of amides is 2. The smallest absolute Gasteiger partial charge is 0.241 e. The highest BCUT2D eigenvalue weighted by atomic mass is 79.9. The van der Waals surface area contributed by atoms with Gasteiger partial charge in [0.15, 0.2) is 0 Å². The summed E-state index contributed by atoms with van der Waals surface area (Å²) in [5.41, 5.74) is -0.119. The molecule has 1 spiro atoms. The highest BCUT2D eigenvalue weighted by Crippen LogP contribution is 2.58. The minimum Gasteiger partial charge on any atom is -0.349 e. The fraction of sp³-hybridized carbons (Fsp3) is 0.185. The second-order valence-electron chi connectivity index (χ2n) is 8.92. The van der Waals surface area contributed by atoms with Crippen molar-refractivity contribution in [3.05, 3.63) is 98.5 Å². The lowest BCUT2D eigenvalue weighted by atomic mass is 9.77. The van der Waals surface area contributed by atoms with E-state index in [9.17, 15) is 19.2 Å². The van der Waals surface area contributed by atoms with E-state index in [2.05, 4.69) is 15.9 Å². The largest absolute Gasteiger partial charge is 0.349 e. The average molecular weight is 551 g/mol. The molecule has 1 aliphatic carbocycles. The van der Waals surface area contributed by atoms with Gasteiger partial charge < -0.3 is 4.74 Å². The summed E-state index contributed by atoms with van der Waals surface area (Å²) < 4.78 is 7.10. The Morgan fingerprint density at radius 3 is 2.11 bits per heavy atom. The standard InChI is InChI=1S/C27H17BrClNO5/c1-13-16(7-4-8-19(13)29)22-20-21(26(34)30(25(20)33)15-11-9-14(28)10-12-15)27(35-22)23(31)17-5-2-3-6-18(17)24(27)32/h2-12,20-22H,1H3/t20-,21-,22-/m0/s1. The maximum Gasteiger partial charge on any atom is 0.241 e. The monoisotopic (exact) mass is 549 g/mol. The number of carbonyl (C=O) groups excluding carboxylic acids is 4. The number of nitrogens with zero attached hydrogens (tertiary/aromatic N) is 1. The van der Waals surface area contributed by atoms with Crippen molar-refractivity contribution in [1.82, 2.24) is 0 Å². The first-order chi connectivity index (χ1) is 16.8. The molecule has 8 heteroatoms. The molecule has 2 heterocycles. The molecule has 0 bridgehead atoms. The van der Waals surface area contributed by atoms with E-state index in [4.69, 9.17) is 16.3 Å². The van der Waals surface area contributed by atoms with Gasteiger partial charge in [0, 0.05) is 20.6 Å². The van der Waals surface area contributed by atoms with Gasteiger partial charge in [-0.25, -0.2) is 4.90 Å². The molecule has 0 N–H and O–H groups in total. The summed E-state index contributed by atoms with van der Waals surface area (Å²) in [6, 6.07) is 18.3. The van der Waals surface area contributed by atoms with Crippen LogP contribution in [0.25, 0.3) is 0 Å². The lowest BCUT2D eigenvalue weighted by Crippen LogP contribution is -2.51. The minimum atomic E-state index is -2.11. The molecule has 2 amide bonds. The quantitative estimate of drug-likeness (QED) is 0.327. The van der Waals surface area contributed by atoms with E-state index >= 15 is 0 Å². The Morgan fingerprint density at radius 2 is 1.49 bits per heavy atom. The Kier molecular flexibility index (Phi) is 4.90. The molecule has 6 rings (SSSR count). The zero-order valence-electron chi connectivity index (χ0n) is 18.3. The number of Topliss-reactive ketones (excluding diaryl/α,β-unsaturated/α-hetero) is 2. The van der Waals surface area contributed by atoms with E-state index in [1.54, 1.807) is 73.7 Å². The first-order valence-corrected chi connectivity index (χ1v) is 12.2. The van der Waals surface area contributed by atoms with Gasteiger partial charge in [-0.05, 0) is 48.4 Å². The van der Waals surface area contributed by atoms with E-state index in [0.29, 0.717) is 21.8 Å². The number of ether oxygens (including phenoxy) is 1. The third-order valence-electron chi connectivity index (χ3n) is 7.22. The molecule has 6 nitrogen and oxygen atoms in total. The van der Waals surface area contributed by atoms with Crippen LogP contribution in [0, 0.1) is 18.8 Å². The van der Waals surface area contributed by atoms with Crippen LogP contribution in [-0.4, -0.2) is 29.0 Å². The van der Waals surface area contributed by atoms with Crippen LogP contribution >= 0.6 is 27.5 Å². The number of hydrogen-bond donors (Lipinski definition) is 0. The average Bonchev–Trinajstić information content (AvgIpc) is 3.42. The lowest BCUT2D eigenvalue weighted by molar-refractivity contribution is -0.127. The van der Waals surface area contributed by atoms with Crippen LogP contribution in [0.4, 0.5) is 5.69 Å². The van der Waals surface area contributed by atoms with Gasteiger partial charge in [-0.2, -0.15) is 0 Å². The van der Waals surface area contributed by atoms with Crippen LogP contribution in [0.2, 0.25) is 5.02 Å². The van der Waals surface area contributed by atoms with Crippen molar-refractivity contribution in [3.8, 4) is 0 Å². The molecule has 0 saturated carbocycles. The van der Waals surface area contributed by atoms with Crippen LogP contribution in [0.1, 0.15) is 37.9 Å². The SMILES string of the molecule is Cc1c(Cl)cccc1[C@@H]1OC2(C(=O)c3ccccc3C2=O)[C@@H]2C(=O)N(c3ccc(Br)cc3)C(=O)[C@@H]21. The molecule has 35 heavy (non-hydrogen) atoms. The van der Waals surface area contributed by atoms with Crippen LogP contribution in [0.5, 0.6) is 0 Å². The number of halogens is 2. The Balaban J connectivity index is 1.57. The summed E-state index contributed by atoms with van der Waals surface area (Å²) in [6.07, 6.45) is -1.00. The topological polar surface area (TPSA) is 80.8 Å². The van der Waals surface area contributed by atoms with Gasteiger partial charge in [-0.15, -0.1) is 0 Å². The highest BCUT2D eigenvalue weighted by molar-refractivity contribution is 9.10. The summed E-state index contributed by atoms with van der Waals surface area (Å²) in [5, 5.41) is 0.456. The number of rotatable bonds is 2. The third-order valence-corrected chi connectivity index (χ3v) is 8.16. The number of hydrogen-bond acceptors (Lipinski definition) is 5. The Labute approximate surface area is 214 Å². The van der Waals surface area contributed by atoms with Gasteiger partial charge in [0.25, 0.3) is 0 Å². The highest BCUT2D eigenvalue weighted by Gasteiger charge is 2.74. The summed E-state index contributed by atoms with van der Waals surface area (Å²) in [4.78, 5) is 56.4. The molecule has 0 radical (unpaired) electrons. The maximum absolute atomic E-state index is 13.9. The number of fused-ring (bicyclic) bond motifs is 3. The third kappa shape index (κ3) is 2.86. The normalized spacial score (nSPS) is 24.4. The van der Waals surface area contributed by atoms with Crippen molar-refractivity contribution >= 4 is 56.6 Å². The molecule has 2 saturated heterocycles. The van der Waals surface area contributed by atoms with E-state index in [0.717, 1.165) is 9.37 Å². The van der Waals surface area contributed by atoms with E-state index in [1.165, 1.54) is 0 Å². The number of imide groups is 1. The number of benzene rings is 3. The second-order valence-corrected chi connectivity index (χ2v) is 10.2. The van der Waals surface area contributed by atoms with Crippen molar-refractivity contribution in [3.63, 3.8) is 0 Å². The zero-order chi connectivity index (χ0) is 24.6. The van der Waals surface area contributed by atoms with Crippen LogP contribution in [0.15, 0.2) is 71.2 Å². The first-order valence-electron chi connectivity index (χ1n) is 11.0. The van der Waals surface area contributed by atoms with Crippen molar-refractivity contribution in [1.29, 1.82) is 0 Å². The molecule has 174 valence electrons. The van der Waals surface area contributed by atoms with Crippen molar-refractivity contribution in [2.45, 2.75) is 18.6 Å². The van der Waals surface area contributed by atoms with Crippen molar-refractivity contribution in [2.24, 2.45) is 11.8 Å². The summed E-state index contributed by atoms with van der Waals surface area (Å²) in [7, 11) is 0. The molecule has 3 aromatic rings. The van der Waals surface area contributed by atoms with Gasteiger partial charge in [0.2, 0.25) is 29.0 Å². The van der Waals surface area contributed by atoms with Crippen LogP contribution < -0.4 is 4.90 Å². The molecule has 3 aromatic carbocycles. The molecule has 2 aliphatic heterocycles. The molecular formula is C27H17BrClNO5. The van der Waals surface area contributed by atoms with Crippen molar-refractivity contribution in [2.75, 3.05) is 4.90 Å². The summed E-state index contributed by atoms with van der Waals surface area (Å²) in [5.74, 6) is -4.68. The Morgan fingerprint density at radius 1 is 0.857 bits per heavy atom. The minimum absolute atomic E-state index is 0.196. The maximum atomic E-state index is 13.9. The fourth-order valence-corrected chi connectivity index (χ4v) is 6.02. The lowest BCUT2D eigenvalue weighted by Gasteiger charge is -2.27. The van der Waals surface area contributed by atoms with E-state index in [-0.39, 0.29) is 11.1 Å². The van der Waals surface area contributed by atoms with Gasteiger partial charge in [-0.3, -0.25) is 19.2 Å². The molecular weight excluding hydrogens is 534 g/mol. The second kappa shape index (κ2) is 7.68. The Bertz CT molecular complexity index is 1430. The summed E-state index contributed by atoms with van der Waals surface area (Å²) >= 11 is 9.72. The first kappa shape index (κ1) is 22.3. The number of ketones is 2. The molecule has 0 aromatic heterocycles. The van der Waals surface area contributed by atoms with Crippen LogP contribution in [0.3, 0.4) is 0 Å². The van der Waals surface area contributed by atoms with Gasteiger partial charge >= 0.3 is 0 Å². The molecule has 2 fully saturated rings. The van der Waals surface area contributed by atoms with Gasteiger partial charge in [0.1, 0.15) is 0 Å². The predicted molar refractivity (Wildman–Crippen MR) is 131 cm³/mol. The molecule has 0 unspecified atom stereocenters.